The van der Waals surface area contributed by atoms with Crippen molar-refractivity contribution in [2.45, 2.75) is 0 Å². The number of rotatable bonds is 1. The van der Waals surface area contributed by atoms with Crippen molar-refractivity contribution in [3.8, 4) is 0 Å². The van der Waals surface area contributed by atoms with Gasteiger partial charge in [0.05, 0.1) is 5.52 Å². The normalized spacial score (nSPS) is 10.3. The molecule has 70 valence electrons. The van der Waals surface area contributed by atoms with Crippen LogP contribution >= 0.6 is 0 Å². The Kier molecular flexibility index (Phi) is 1.81. The molecule has 4 nitrogen and oxygen atoms in total. The third-order valence-corrected chi connectivity index (χ3v) is 1.97. The first-order valence-electron chi connectivity index (χ1n) is 4.13. The summed E-state index contributed by atoms with van der Waals surface area (Å²) in [6.45, 7) is 0. The van der Waals surface area contributed by atoms with Crippen molar-refractivity contribution >= 4 is 22.5 Å². The Morgan fingerprint density at radius 2 is 2.00 bits per heavy atom. The van der Waals surface area contributed by atoms with Gasteiger partial charge in [-0.1, -0.05) is 6.07 Å². The van der Waals surface area contributed by atoms with E-state index in [-0.39, 0.29) is 5.69 Å². The van der Waals surface area contributed by atoms with Crippen molar-refractivity contribution in [1.82, 2.24) is 4.98 Å². The third-order valence-electron chi connectivity index (χ3n) is 1.97. The van der Waals surface area contributed by atoms with Gasteiger partial charge in [-0.15, -0.1) is 0 Å². The Morgan fingerprint density at radius 1 is 1.21 bits per heavy atom. The second-order valence-electron chi connectivity index (χ2n) is 3.01. The number of nitrogens with two attached hydrogens (primary N) is 2. The fraction of sp³-hybridized carbons (Fsp3) is 0. The molecule has 0 aliphatic heterocycles. The number of pyridine rings is 1. The van der Waals surface area contributed by atoms with Crippen LogP contribution in [-0.4, -0.2) is 10.9 Å². The largest absolute Gasteiger partial charge is 0.399 e. The molecule has 0 spiro atoms. The molecule has 1 heterocycles. The number of primary amides is 1. The fourth-order valence-electron chi connectivity index (χ4n) is 1.28. The summed E-state index contributed by atoms with van der Waals surface area (Å²) < 4.78 is 0. The minimum Gasteiger partial charge on any atom is -0.399 e. The molecule has 0 fully saturated rings. The molecule has 0 radical (unpaired) electrons. The van der Waals surface area contributed by atoms with E-state index in [2.05, 4.69) is 4.98 Å². The molecule has 4 heteroatoms. The predicted molar refractivity (Wildman–Crippen MR) is 54.7 cm³/mol. The maximum absolute atomic E-state index is 10.8. The van der Waals surface area contributed by atoms with Gasteiger partial charge < -0.3 is 11.5 Å². The van der Waals surface area contributed by atoms with E-state index >= 15 is 0 Å². The molecule has 0 aliphatic carbocycles. The lowest BCUT2D eigenvalue weighted by atomic mass is 10.2. The van der Waals surface area contributed by atoms with E-state index < -0.39 is 5.91 Å². The number of amides is 1. The summed E-state index contributed by atoms with van der Waals surface area (Å²) in [6, 6.07) is 8.66. The van der Waals surface area contributed by atoms with Crippen LogP contribution in [0.5, 0.6) is 0 Å². The van der Waals surface area contributed by atoms with Gasteiger partial charge >= 0.3 is 0 Å². The van der Waals surface area contributed by atoms with Crippen molar-refractivity contribution in [2.24, 2.45) is 5.73 Å². The number of anilines is 1. The summed E-state index contributed by atoms with van der Waals surface area (Å²) in [7, 11) is 0. The van der Waals surface area contributed by atoms with Gasteiger partial charge in [0.2, 0.25) is 0 Å². The molecule has 1 aromatic heterocycles. The number of aromatic nitrogens is 1. The van der Waals surface area contributed by atoms with Gasteiger partial charge in [-0.3, -0.25) is 4.79 Å². The van der Waals surface area contributed by atoms with Crippen LogP contribution in [-0.2, 0) is 0 Å². The van der Waals surface area contributed by atoms with Crippen LogP contribution in [0.25, 0.3) is 10.9 Å². The zero-order valence-electron chi connectivity index (χ0n) is 7.40. The van der Waals surface area contributed by atoms with E-state index in [1.807, 2.05) is 0 Å². The predicted octanol–water partition coefficient (Wildman–Crippen LogP) is 0.916. The van der Waals surface area contributed by atoms with Gasteiger partial charge in [-0.25, -0.2) is 4.98 Å². The molecular formula is C10H9N3O. The Balaban J connectivity index is 2.67. The van der Waals surface area contributed by atoms with Crippen molar-refractivity contribution in [1.29, 1.82) is 0 Å². The van der Waals surface area contributed by atoms with Gasteiger partial charge in [0.15, 0.2) is 0 Å². The fourth-order valence-corrected chi connectivity index (χ4v) is 1.28. The molecule has 0 aliphatic rings. The highest BCUT2D eigenvalue weighted by molar-refractivity contribution is 5.94. The second kappa shape index (κ2) is 2.99. The zero-order chi connectivity index (χ0) is 10.1. The highest BCUT2D eigenvalue weighted by atomic mass is 16.1. The van der Waals surface area contributed by atoms with Crippen LogP contribution in [0.2, 0.25) is 0 Å². The summed E-state index contributed by atoms with van der Waals surface area (Å²) in [5.41, 5.74) is 12.4. The quantitative estimate of drug-likeness (QED) is 0.651. The molecule has 0 saturated carbocycles. The van der Waals surface area contributed by atoms with Gasteiger partial charge in [0.1, 0.15) is 5.69 Å². The number of hydrogen-bond donors (Lipinski definition) is 2. The molecule has 0 atom stereocenters. The average molecular weight is 187 g/mol. The number of benzene rings is 1. The Morgan fingerprint density at radius 3 is 2.71 bits per heavy atom. The molecule has 0 unspecified atom stereocenters. The van der Waals surface area contributed by atoms with Crippen LogP contribution in [0.15, 0.2) is 30.3 Å². The van der Waals surface area contributed by atoms with Crippen LogP contribution in [0.4, 0.5) is 5.69 Å². The Labute approximate surface area is 80.5 Å². The van der Waals surface area contributed by atoms with Crippen molar-refractivity contribution in [3.63, 3.8) is 0 Å². The number of hydrogen-bond acceptors (Lipinski definition) is 3. The molecular weight excluding hydrogens is 178 g/mol. The van der Waals surface area contributed by atoms with Crippen LogP contribution in [0.3, 0.4) is 0 Å². The Hall–Kier alpha value is -2.10. The number of fused-ring (bicyclic) bond motifs is 1. The maximum Gasteiger partial charge on any atom is 0.267 e. The third kappa shape index (κ3) is 1.37. The van der Waals surface area contributed by atoms with E-state index in [4.69, 9.17) is 11.5 Å². The maximum atomic E-state index is 10.8. The highest BCUT2D eigenvalue weighted by Gasteiger charge is 2.02. The first-order valence-corrected chi connectivity index (χ1v) is 4.13. The summed E-state index contributed by atoms with van der Waals surface area (Å²) in [6.07, 6.45) is 0. The number of carbonyl (C=O) groups excluding carboxylic acids is 1. The Bertz CT molecular complexity index is 508. The van der Waals surface area contributed by atoms with Crippen molar-refractivity contribution in [3.05, 3.63) is 36.0 Å². The van der Waals surface area contributed by atoms with E-state index in [9.17, 15) is 4.79 Å². The van der Waals surface area contributed by atoms with E-state index in [1.54, 1.807) is 30.3 Å². The molecule has 1 amide bonds. The summed E-state index contributed by atoms with van der Waals surface area (Å²) in [4.78, 5) is 14.9. The monoisotopic (exact) mass is 187 g/mol. The molecule has 1 aromatic carbocycles. The van der Waals surface area contributed by atoms with Crippen molar-refractivity contribution in [2.75, 3.05) is 5.73 Å². The second-order valence-corrected chi connectivity index (χ2v) is 3.01. The van der Waals surface area contributed by atoms with Crippen LogP contribution in [0, 0.1) is 0 Å². The molecule has 2 aromatic rings. The molecule has 14 heavy (non-hydrogen) atoms. The van der Waals surface area contributed by atoms with Gasteiger partial charge in [0, 0.05) is 11.1 Å². The van der Waals surface area contributed by atoms with E-state index in [0.29, 0.717) is 5.69 Å². The molecule has 2 rings (SSSR count). The van der Waals surface area contributed by atoms with E-state index in [0.717, 1.165) is 10.9 Å². The summed E-state index contributed by atoms with van der Waals surface area (Å²) >= 11 is 0. The van der Waals surface area contributed by atoms with Crippen LogP contribution < -0.4 is 11.5 Å². The summed E-state index contributed by atoms with van der Waals surface area (Å²) in [5, 5.41) is 0.898. The van der Waals surface area contributed by atoms with Crippen LogP contribution in [0.1, 0.15) is 10.5 Å². The lowest BCUT2D eigenvalue weighted by Crippen LogP contribution is -2.12. The minimum absolute atomic E-state index is 0.266. The SMILES string of the molecule is NC(=O)c1ccc2cc(N)ccc2n1. The number of nitrogen functional groups attached to an aromatic ring is 1. The number of nitrogens with zero attached hydrogens (tertiary/aromatic N) is 1. The van der Waals surface area contributed by atoms with Gasteiger partial charge in [-0.2, -0.15) is 0 Å². The topological polar surface area (TPSA) is 82.0 Å². The standard InChI is InChI=1S/C10H9N3O/c11-7-2-4-8-6(5-7)1-3-9(13-8)10(12)14/h1-5H,11H2,(H2,12,14). The van der Waals surface area contributed by atoms with Gasteiger partial charge in [-0.05, 0) is 24.3 Å². The van der Waals surface area contributed by atoms with E-state index in [1.165, 1.54) is 0 Å². The molecule has 0 saturated heterocycles. The smallest absolute Gasteiger partial charge is 0.267 e. The summed E-state index contributed by atoms with van der Waals surface area (Å²) in [5.74, 6) is -0.524. The lowest BCUT2D eigenvalue weighted by Gasteiger charge is -2.00. The van der Waals surface area contributed by atoms with Gasteiger partial charge in [0.25, 0.3) is 5.91 Å². The highest BCUT2D eigenvalue weighted by Crippen LogP contribution is 2.15. The molecule has 0 bridgehead atoms. The first kappa shape index (κ1) is 8.50. The minimum atomic E-state index is -0.524. The van der Waals surface area contributed by atoms with Crippen molar-refractivity contribution < 1.29 is 4.79 Å². The lowest BCUT2D eigenvalue weighted by molar-refractivity contribution is 0.0996. The molecule has 4 N–H and O–H groups in total. The average Bonchev–Trinajstić information content (AvgIpc) is 2.16. The zero-order valence-corrected chi connectivity index (χ0v) is 7.40. The first-order chi connectivity index (χ1) is 6.66. The number of carbonyl (C=O) groups is 1.